The number of rotatable bonds is 12. The van der Waals surface area contributed by atoms with Crippen molar-refractivity contribution in [2.75, 3.05) is 6.61 Å². The standard InChI is InChI=1S/C37H46N2O7S/c1-9-43-33(40)21-28-14-10-11-16-31(28)44-23-26-18-29-20-32(24(2)39-47(42)37(6,7)8)45-34(29)30(19-26)27-15-12-13-25(17-27)22-38-35(41)46-36(3,4)5/h10-20,24,39H,9,21-23H2,1-8H3,(H,38,41)/t24?,47-/m0/s1. The largest absolute Gasteiger partial charge is 0.598 e. The third-order valence-corrected chi connectivity index (χ3v) is 8.72. The Bertz CT molecular complexity index is 1690. The number of nitrogens with one attached hydrogen (secondary N) is 2. The normalized spacial score (nSPS) is 13.2. The Morgan fingerprint density at radius 3 is 2.40 bits per heavy atom. The maximum Gasteiger partial charge on any atom is 0.407 e. The fourth-order valence-electron chi connectivity index (χ4n) is 4.80. The monoisotopic (exact) mass is 662 g/mol. The number of carbonyl (C=O) groups is 2. The molecule has 0 saturated carbocycles. The maximum absolute atomic E-state index is 12.9. The van der Waals surface area contributed by atoms with Crippen LogP contribution in [0.4, 0.5) is 4.79 Å². The quantitative estimate of drug-likeness (QED) is 0.116. The van der Waals surface area contributed by atoms with Crippen LogP contribution in [0.15, 0.2) is 71.1 Å². The second-order valence-electron chi connectivity index (χ2n) is 13.4. The van der Waals surface area contributed by atoms with Crippen molar-refractivity contribution >= 4 is 34.4 Å². The zero-order valence-electron chi connectivity index (χ0n) is 28.5. The lowest BCUT2D eigenvalue weighted by atomic mass is 9.98. The molecule has 0 saturated heterocycles. The number of hydrogen-bond acceptors (Lipinski definition) is 8. The van der Waals surface area contributed by atoms with Crippen LogP contribution in [0.5, 0.6) is 5.75 Å². The van der Waals surface area contributed by atoms with Gasteiger partial charge in [-0.3, -0.25) is 4.79 Å². The van der Waals surface area contributed by atoms with Crippen LogP contribution in [-0.4, -0.2) is 33.6 Å². The Morgan fingerprint density at radius 2 is 1.70 bits per heavy atom. The van der Waals surface area contributed by atoms with Crippen molar-refractivity contribution in [2.24, 2.45) is 0 Å². The van der Waals surface area contributed by atoms with Gasteiger partial charge < -0.3 is 28.5 Å². The first-order valence-corrected chi connectivity index (χ1v) is 16.9. The van der Waals surface area contributed by atoms with Crippen molar-refractivity contribution in [1.29, 1.82) is 0 Å². The molecule has 0 aliphatic carbocycles. The van der Waals surface area contributed by atoms with E-state index in [9.17, 15) is 14.1 Å². The molecule has 0 spiro atoms. The van der Waals surface area contributed by atoms with E-state index in [1.54, 1.807) is 6.92 Å². The Hall–Kier alpha value is -3.99. The molecule has 0 bridgehead atoms. The summed E-state index contributed by atoms with van der Waals surface area (Å²) in [4.78, 5) is 24.5. The Balaban J connectivity index is 1.67. The van der Waals surface area contributed by atoms with Gasteiger partial charge in [-0.25, -0.2) is 4.79 Å². The molecule has 9 nitrogen and oxygen atoms in total. The maximum atomic E-state index is 12.9. The van der Waals surface area contributed by atoms with Crippen LogP contribution in [0, 0.1) is 0 Å². The molecule has 0 aliphatic heterocycles. The number of alkyl carbamates (subject to hydrolysis) is 1. The van der Waals surface area contributed by atoms with E-state index in [0.29, 0.717) is 23.7 Å². The topological polar surface area (TPSA) is 122 Å². The average molecular weight is 663 g/mol. The zero-order valence-corrected chi connectivity index (χ0v) is 29.3. The number of esters is 1. The van der Waals surface area contributed by atoms with Crippen LogP contribution in [0.2, 0.25) is 0 Å². The highest BCUT2D eigenvalue weighted by Crippen LogP contribution is 2.36. The van der Waals surface area contributed by atoms with Crippen molar-refractivity contribution in [3.8, 4) is 16.9 Å². The molecule has 1 amide bonds. The molecule has 3 aromatic carbocycles. The molecular formula is C37H46N2O7S. The van der Waals surface area contributed by atoms with E-state index in [0.717, 1.165) is 33.2 Å². The van der Waals surface area contributed by atoms with Crippen LogP contribution in [0.3, 0.4) is 0 Å². The van der Waals surface area contributed by atoms with Gasteiger partial charge in [0.15, 0.2) is 0 Å². The van der Waals surface area contributed by atoms with Crippen LogP contribution < -0.4 is 14.8 Å². The zero-order chi connectivity index (χ0) is 34.4. The molecule has 2 N–H and O–H groups in total. The van der Waals surface area contributed by atoms with Gasteiger partial charge in [0.25, 0.3) is 0 Å². The molecule has 47 heavy (non-hydrogen) atoms. The number of ether oxygens (including phenoxy) is 3. The lowest BCUT2D eigenvalue weighted by Crippen LogP contribution is -2.40. The summed E-state index contributed by atoms with van der Waals surface area (Å²) in [5.41, 5.74) is 4.34. The van der Waals surface area contributed by atoms with Crippen LogP contribution >= 0.6 is 0 Å². The fraction of sp³-hybridized carbons (Fsp3) is 0.405. The summed E-state index contributed by atoms with van der Waals surface area (Å²) < 4.78 is 38.8. The van der Waals surface area contributed by atoms with Gasteiger partial charge in [-0.2, -0.15) is 0 Å². The molecule has 252 valence electrons. The minimum Gasteiger partial charge on any atom is -0.598 e. The molecule has 2 atom stereocenters. The molecular weight excluding hydrogens is 616 g/mol. The summed E-state index contributed by atoms with van der Waals surface area (Å²) in [7, 11) is 0. The number of hydrogen-bond donors (Lipinski definition) is 2. The summed E-state index contributed by atoms with van der Waals surface area (Å²) in [5.74, 6) is 0.946. The molecule has 4 rings (SSSR count). The van der Waals surface area contributed by atoms with Gasteiger partial charge in [0.1, 0.15) is 40.1 Å². The highest BCUT2D eigenvalue weighted by atomic mass is 32.2. The predicted octanol–water partition coefficient (Wildman–Crippen LogP) is 7.92. The number of amides is 1. The number of para-hydroxylation sites is 1. The van der Waals surface area contributed by atoms with Crippen LogP contribution in [-0.2, 0) is 45.2 Å². The van der Waals surface area contributed by atoms with E-state index < -0.39 is 27.8 Å². The smallest absolute Gasteiger partial charge is 0.407 e. The molecule has 0 radical (unpaired) electrons. The van der Waals surface area contributed by atoms with Gasteiger partial charge in [-0.1, -0.05) is 36.4 Å². The van der Waals surface area contributed by atoms with Crippen molar-refractivity contribution in [1.82, 2.24) is 10.0 Å². The third-order valence-electron chi connectivity index (χ3n) is 7.04. The van der Waals surface area contributed by atoms with Crippen LogP contribution in [0.25, 0.3) is 22.1 Å². The van der Waals surface area contributed by atoms with Crippen molar-refractivity contribution in [3.63, 3.8) is 0 Å². The summed E-state index contributed by atoms with van der Waals surface area (Å²) >= 11 is -1.29. The first kappa shape index (κ1) is 35.9. The van der Waals surface area contributed by atoms with Gasteiger partial charge in [0.05, 0.1) is 13.0 Å². The number of furan rings is 1. The fourth-order valence-corrected chi connectivity index (χ4v) is 5.59. The van der Waals surface area contributed by atoms with E-state index >= 15 is 0 Å². The van der Waals surface area contributed by atoms with E-state index in [1.165, 1.54) is 0 Å². The Labute approximate surface area is 280 Å². The summed E-state index contributed by atoms with van der Waals surface area (Å²) in [5, 5.41) is 3.69. The minimum absolute atomic E-state index is 0.115. The summed E-state index contributed by atoms with van der Waals surface area (Å²) in [6.45, 7) is 15.8. The molecule has 0 aliphatic rings. The van der Waals surface area contributed by atoms with Crippen molar-refractivity contribution < 1.29 is 32.8 Å². The highest BCUT2D eigenvalue weighted by Gasteiger charge is 2.29. The SMILES string of the molecule is CCOC(=O)Cc1ccccc1OCc1cc(-c2cccc(CNC(=O)OC(C)(C)C)c2)c2oc(C(C)N[S@@+]([O-])C(C)(C)C)cc2c1. The van der Waals surface area contributed by atoms with Gasteiger partial charge in [-0.05, 0) is 102 Å². The number of carbonyl (C=O) groups excluding carboxylic acids is 2. The highest BCUT2D eigenvalue weighted by molar-refractivity contribution is 7.90. The molecule has 1 heterocycles. The second-order valence-corrected chi connectivity index (χ2v) is 15.4. The molecule has 10 heteroatoms. The average Bonchev–Trinajstić information content (AvgIpc) is 3.43. The minimum atomic E-state index is -1.29. The first-order valence-electron chi connectivity index (χ1n) is 15.8. The van der Waals surface area contributed by atoms with E-state index in [4.69, 9.17) is 18.6 Å². The third kappa shape index (κ3) is 10.2. The Morgan fingerprint density at radius 1 is 0.957 bits per heavy atom. The summed E-state index contributed by atoms with van der Waals surface area (Å²) in [6.07, 6.45) is -0.373. The van der Waals surface area contributed by atoms with Crippen molar-refractivity contribution in [2.45, 2.75) is 91.4 Å². The lowest BCUT2D eigenvalue weighted by molar-refractivity contribution is -0.142. The van der Waals surface area contributed by atoms with Crippen LogP contribution in [0.1, 0.15) is 83.9 Å². The van der Waals surface area contributed by atoms with E-state index in [-0.39, 0.29) is 31.6 Å². The van der Waals surface area contributed by atoms with E-state index in [1.807, 2.05) is 115 Å². The Kier molecular flexibility index (Phi) is 11.7. The lowest BCUT2D eigenvalue weighted by Gasteiger charge is -2.25. The van der Waals surface area contributed by atoms with Crippen molar-refractivity contribution in [3.05, 3.63) is 89.2 Å². The van der Waals surface area contributed by atoms with E-state index in [2.05, 4.69) is 10.0 Å². The molecule has 1 aromatic heterocycles. The van der Waals surface area contributed by atoms with Gasteiger partial charge in [-0.15, -0.1) is 4.72 Å². The summed E-state index contributed by atoms with van der Waals surface area (Å²) in [6, 6.07) is 21.0. The predicted molar refractivity (Wildman–Crippen MR) is 185 cm³/mol. The molecule has 4 aromatic rings. The number of benzene rings is 3. The second kappa shape index (κ2) is 15.3. The van der Waals surface area contributed by atoms with Gasteiger partial charge in [0.2, 0.25) is 0 Å². The van der Waals surface area contributed by atoms with Gasteiger partial charge in [0, 0.05) is 34.4 Å². The number of fused-ring (bicyclic) bond motifs is 1. The first-order chi connectivity index (χ1) is 22.1. The molecule has 0 fully saturated rings. The van der Waals surface area contributed by atoms with Gasteiger partial charge >= 0.3 is 12.1 Å². The molecule has 1 unspecified atom stereocenters.